The van der Waals surface area contributed by atoms with Gasteiger partial charge in [-0.3, -0.25) is 4.79 Å². The fourth-order valence-electron chi connectivity index (χ4n) is 4.71. The van der Waals surface area contributed by atoms with Crippen molar-refractivity contribution in [3.63, 3.8) is 0 Å². The van der Waals surface area contributed by atoms with Gasteiger partial charge < -0.3 is 9.64 Å². The van der Waals surface area contributed by atoms with Gasteiger partial charge in [0.15, 0.2) is 5.65 Å². The Morgan fingerprint density at radius 3 is 2.61 bits per heavy atom. The second-order valence-corrected chi connectivity index (χ2v) is 11.2. The van der Waals surface area contributed by atoms with Gasteiger partial charge in [0.05, 0.1) is 22.9 Å². The maximum absolute atomic E-state index is 13.6. The molecule has 2 aromatic heterocycles. The van der Waals surface area contributed by atoms with Crippen molar-refractivity contribution in [3.8, 4) is 0 Å². The van der Waals surface area contributed by atoms with E-state index >= 15 is 0 Å². The molecule has 10 heteroatoms. The number of esters is 1. The van der Waals surface area contributed by atoms with Crippen molar-refractivity contribution < 1.29 is 17.9 Å². The Morgan fingerprint density at radius 1 is 1.14 bits per heavy atom. The SMILES string of the molecule is CCOC(=O)[C@@H]1CCCN(c2nc3c(S(=O)(=O)c4ccc(C(C)C)cc4)nnn3c3ccccc23)C1. The third-order valence-corrected chi connectivity index (χ3v) is 8.32. The number of piperidine rings is 1. The molecule has 0 radical (unpaired) electrons. The van der Waals surface area contributed by atoms with Crippen LogP contribution in [0.25, 0.3) is 16.6 Å². The highest BCUT2D eigenvalue weighted by atomic mass is 32.2. The Bertz CT molecular complexity index is 1530. The number of benzene rings is 2. The number of sulfone groups is 1. The summed E-state index contributed by atoms with van der Waals surface area (Å²) in [7, 11) is -3.96. The predicted octanol–water partition coefficient (Wildman–Crippen LogP) is 4.01. The zero-order valence-corrected chi connectivity index (χ0v) is 21.4. The highest BCUT2D eigenvalue weighted by Gasteiger charge is 2.31. The van der Waals surface area contributed by atoms with E-state index in [4.69, 9.17) is 9.72 Å². The Kier molecular flexibility index (Phi) is 6.38. The lowest BCUT2D eigenvalue weighted by Crippen LogP contribution is -2.40. The van der Waals surface area contributed by atoms with Gasteiger partial charge in [-0.15, -0.1) is 5.10 Å². The summed E-state index contributed by atoms with van der Waals surface area (Å²) in [6, 6.07) is 14.4. The average molecular weight is 508 g/mol. The van der Waals surface area contributed by atoms with Crippen LogP contribution in [0, 0.1) is 5.92 Å². The third kappa shape index (κ3) is 4.19. The average Bonchev–Trinajstić information content (AvgIpc) is 3.34. The van der Waals surface area contributed by atoms with Gasteiger partial charge in [0.25, 0.3) is 0 Å². The van der Waals surface area contributed by atoms with E-state index < -0.39 is 9.84 Å². The smallest absolute Gasteiger partial charge is 0.310 e. The molecule has 9 nitrogen and oxygen atoms in total. The monoisotopic (exact) mass is 507 g/mol. The van der Waals surface area contributed by atoms with Gasteiger partial charge in [-0.2, -0.15) is 4.52 Å². The lowest BCUT2D eigenvalue weighted by Gasteiger charge is -2.33. The molecular formula is C26H29N5O4S. The molecule has 36 heavy (non-hydrogen) atoms. The zero-order chi connectivity index (χ0) is 25.4. The van der Waals surface area contributed by atoms with Crippen LogP contribution in [0.2, 0.25) is 0 Å². The third-order valence-electron chi connectivity index (χ3n) is 6.65. The highest BCUT2D eigenvalue weighted by molar-refractivity contribution is 7.91. The molecule has 1 fully saturated rings. The van der Waals surface area contributed by atoms with Crippen molar-refractivity contribution in [2.75, 3.05) is 24.6 Å². The minimum atomic E-state index is -3.96. The van der Waals surface area contributed by atoms with E-state index in [9.17, 15) is 13.2 Å². The zero-order valence-electron chi connectivity index (χ0n) is 20.6. The maximum Gasteiger partial charge on any atom is 0.310 e. The lowest BCUT2D eigenvalue weighted by molar-refractivity contribution is -0.148. The molecule has 0 unspecified atom stereocenters. The van der Waals surface area contributed by atoms with Gasteiger partial charge in [-0.1, -0.05) is 43.3 Å². The van der Waals surface area contributed by atoms with Crippen molar-refractivity contribution in [2.45, 2.75) is 49.5 Å². The summed E-state index contributed by atoms with van der Waals surface area (Å²) in [4.78, 5) is 19.4. The molecule has 3 heterocycles. The second kappa shape index (κ2) is 9.50. The van der Waals surface area contributed by atoms with E-state index in [0.29, 0.717) is 31.0 Å². The van der Waals surface area contributed by atoms with Crippen LogP contribution in [0.5, 0.6) is 0 Å². The Balaban J connectivity index is 1.63. The lowest BCUT2D eigenvalue weighted by atomic mass is 9.98. The minimum Gasteiger partial charge on any atom is -0.466 e. The maximum atomic E-state index is 13.6. The molecule has 5 rings (SSSR count). The van der Waals surface area contributed by atoms with E-state index in [1.54, 1.807) is 19.1 Å². The van der Waals surface area contributed by atoms with Gasteiger partial charge >= 0.3 is 5.97 Å². The summed E-state index contributed by atoms with van der Waals surface area (Å²) >= 11 is 0. The first-order valence-electron chi connectivity index (χ1n) is 12.2. The molecule has 0 saturated carbocycles. The van der Waals surface area contributed by atoms with Crippen LogP contribution in [0.4, 0.5) is 5.82 Å². The Hall–Kier alpha value is -3.53. The number of nitrogens with zero attached hydrogens (tertiary/aromatic N) is 5. The predicted molar refractivity (Wildman–Crippen MR) is 136 cm³/mol. The summed E-state index contributed by atoms with van der Waals surface area (Å²) in [5, 5.41) is 8.87. The van der Waals surface area contributed by atoms with Gasteiger partial charge in [-0.05, 0) is 55.5 Å². The number of carbonyl (C=O) groups is 1. The second-order valence-electron chi connectivity index (χ2n) is 9.35. The molecule has 0 spiro atoms. The summed E-state index contributed by atoms with van der Waals surface area (Å²) < 4.78 is 33.9. The summed E-state index contributed by atoms with van der Waals surface area (Å²) in [6.45, 7) is 7.39. The van der Waals surface area contributed by atoms with Crippen LogP contribution in [-0.2, 0) is 19.4 Å². The van der Waals surface area contributed by atoms with Crippen molar-refractivity contribution in [2.24, 2.45) is 5.92 Å². The van der Waals surface area contributed by atoms with Crippen LogP contribution in [0.15, 0.2) is 58.5 Å². The number of ether oxygens (including phenoxy) is 1. The molecule has 1 atom stereocenters. The topological polar surface area (TPSA) is 107 Å². The molecule has 1 saturated heterocycles. The van der Waals surface area contributed by atoms with Crippen molar-refractivity contribution in [3.05, 3.63) is 54.1 Å². The standard InChI is InChI=1S/C26H29N5O4S/c1-4-35-26(32)19-8-7-15-30(16-19)23-21-9-5-6-10-22(21)31-24(27-23)25(28-29-31)36(33,34)20-13-11-18(12-14-20)17(2)3/h5-6,9-14,17,19H,4,7-8,15-16H2,1-3H3/t19-/m1/s1. The molecule has 1 aliphatic rings. The molecular weight excluding hydrogens is 478 g/mol. The summed E-state index contributed by atoms with van der Waals surface area (Å²) in [5.41, 5.74) is 1.91. The highest BCUT2D eigenvalue weighted by Crippen LogP contribution is 2.32. The molecule has 1 aliphatic heterocycles. The van der Waals surface area contributed by atoms with Gasteiger partial charge in [-0.25, -0.2) is 13.4 Å². The molecule has 0 bridgehead atoms. The van der Waals surface area contributed by atoms with E-state index in [2.05, 4.69) is 24.2 Å². The number of hydrogen-bond donors (Lipinski definition) is 0. The van der Waals surface area contributed by atoms with Crippen molar-refractivity contribution >= 4 is 38.2 Å². The molecule has 0 N–H and O–H groups in total. The number of rotatable bonds is 6. The molecule has 188 valence electrons. The van der Waals surface area contributed by atoms with Crippen LogP contribution in [0.3, 0.4) is 0 Å². The van der Waals surface area contributed by atoms with Crippen LogP contribution < -0.4 is 4.90 Å². The molecule has 0 amide bonds. The molecule has 0 aliphatic carbocycles. The normalized spacial score (nSPS) is 16.7. The molecule has 2 aromatic carbocycles. The largest absolute Gasteiger partial charge is 0.466 e. The van der Waals surface area contributed by atoms with E-state index in [-0.39, 0.29) is 33.4 Å². The van der Waals surface area contributed by atoms with Crippen molar-refractivity contribution in [1.29, 1.82) is 0 Å². The van der Waals surface area contributed by atoms with E-state index in [1.807, 2.05) is 41.3 Å². The van der Waals surface area contributed by atoms with Gasteiger partial charge in [0, 0.05) is 18.5 Å². The Morgan fingerprint density at radius 2 is 1.89 bits per heavy atom. The summed E-state index contributed by atoms with van der Waals surface area (Å²) in [5.74, 6) is 0.421. The Labute approximate surface area is 210 Å². The van der Waals surface area contributed by atoms with Gasteiger partial charge in [0.1, 0.15) is 5.82 Å². The minimum absolute atomic E-state index is 0.145. The quantitative estimate of drug-likeness (QED) is 0.360. The fraction of sp³-hybridized carbons (Fsp3) is 0.385. The number of hydrogen-bond acceptors (Lipinski definition) is 8. The van der Waals surface area contributed by atoms with Crippen molar-refractivity contribution in [1.82, 2.24) is 19.8 Å². The number of anilines is 1. The number of para-hydroxylation sites is 1. The van der Waals surface area contributed by atoms with Crippen LogP contribution in [-0.4, -0.2) is 53.9 Å². The van der Waals surface area contributed by atoms with E-state index in [0.717, 1.165) is 23.8 Å². The van der Waals surface area contributed by atoms with Gasteiger partial charge in [0.2, 0.25) is 14.9 Å². The van der Waals surface area contributed by atoms with Crippen LogP contribution in [0.1, 0.15) is 45.1 Å². The molecule has 4 aromatic rings. The summed E-state index contributed by atoms with van der Waals surface area (Å²) in [6.07, 6.45) is 1.55. The van der Waals surface area contributed by atoms with Crippen LogP contribution >= 0.6 is 0 Å². The number of carbonyl (C=O) groups excluding carboxylic acids is 1. The van der Waals surface area contributed by atoms with E-state index in [1.165, 1.54) is 4.52 Å². The number of fused-ring (bicyclic) bond motifs is 3. The first kappa shape index (κ1) is 24.2. The number of aromatic nitrogens is 4. The first-order chi connectivity index (χ1) is 17.3. The first-order valence-corrected chi connectivity index (χ1v) is 13.7. The fourth-order valence-corrected chi connectivity index (χ4v) is 5.94.